The third-order valence-electron chi connectivity index (χ3n) is 4.00. The van der Waals surface area contributed by atoms with Crippen molar-refractivity contribution in [3.05, 3.63) is 51.2 Å². The molecule has 128 valence electrons. The number of fused-ring (bicyclic) bond motifs is 1. The number of aromatic nitrogens is 2. The molecule has 25 heavy (non-hydrogen) atoms. The SMILES string of the molecule is O=C(COc1nc(-c2ccccc2Cl)no1)N1CCc2sccc2C1. The normalized spacial score (nSPS) is 13.6. The van der Waals surface area contributed by atoms with E-state index in [0.717, 1.165) is 6.42 Å². The largest absolute Gasteiger partial charge is 0.439 e. The van der Waals surface area contributed by atoms with Crippen molar-refractivity contribution in [2.75, 3.05) is 13.2 Å². The molecular formula is C17H14ClN3O3S. The van der Waals surface area contributed by atoms with Crippen LogP contribution in [0.4, 0.5) is 0 Å². The highest BCUT2D eigenvalue weighted by atomic mass is 35.5. The number of thiophene rings is 1. The highest BCUT2D eigenvalue weighted by Gasteiger charge is 2.22. The number of hydrogen-bond donors (Lipinski definition) is 0. The van der Waals surface area contributed by atoms with Crippen LogP contribution in [0.3, 0.4) is 0 Å². The van der Waals surface area contributed by atoms with E-state index in [1.165, 1.54) is 10.4 Å². The van der Waals surface area contributed by atoms with Gasteiger partial charge in [-0.1, -0.05) is 28.9 Å². The quantitative estimate of drug-likeness (QED) is 0.699. The van der Waals surface area contributed by atoms with Crippen molar-refractivity contribution in [3.63, 3.8) is 0 Å². The van der Waals surface area contributed by atoms with E-state index in [1.54, 1.807) is 28.4 Å². The molecule has 6 nitrogen and oxygen atoms in total. The summed E-state index contributed by atoms with van der Waals surface area (Å²) in [6.07, 6.45) is 0.840. The van der Waals surface area contributed by atoms with Crippen LogP contribution >= 0.6 is 22.9 Å². The van der Waals surface area contributed by atoms with Crippen molar-refractivity contribution in [2.45, 2.75) is 13.0 Å². The fourth-order valence-corrected chi connectivity index (χ4v) is 3.81. The van der Waals surface area contributed by atoms with Crippen LogP contribution in [-0.4, -0.2) is 34.1 Å². The summed E-state index contributed by atoms with van der Waals surface area (Å²) in [6.45, 7) is 1.18. The smallest absolute Gasteiger partial charge is 0.418 e. The number of ether oxygens (including phenoxy) is 1. The molecule has 0 bridgehead atoms. The first-order valence-corrected chi connectivity index (χ1v) is 9.01. The van der Waals surface area contributed by atoms with Gasteiger partial charge in [-0.2, -0.15) is 4.98 Å². The van der Waals surface area contributed by atoms with Gasteiger partial charge >= 0.3 is 6.08 Å². The van der Waals surface area contributed by atoms with Crippen molar-refractivity contribution in [1.82, 2.24) is 15.0 Å². The Labute approximate surface area is 153 Å². The van der Waals surface area contributed by atoms with Gasteiger partial charge in [-0.05, 0) is 35.6 Å². The number of halogens is 1. The summed E-state index contributed by atoms with van der Waals surface area (Å²) >= 11 is 7.84. The molecule has 0 fully saturated rings. The van der Waals surface area contributed by atoms with Crippen LogP contribution in [0.2, 0.25) is 5.02 Å². The summed E-state index contributed by atoms with van der Waals surface area (Å²) in [7, 11) is 0. The summed E-state index contributed by atoms with van der Waals surface area (Å²) in [5.41, 5.74) is 1.86. The summed E-state index contributed by atoms with van der Waals surface area (Å²) < 4.78 is 10.4. The molecule has 1 aromatic carbocycles. The molecule has 1 aliphatic heterocycles. The van der Waals surface area contributed by atoms with Crippen LogP contribution in [-0.2, 0) is 17.8 Å². The predicted molar refractivity (Wildman–Crippen MR) is 93.7 cm³/mol. The van der Waals surface area contributed by atoms with Gasteiger partial charge < -0.3 is 9.64 Å². The van der Waals surface area contributed by atoms with Crippen molar-refractivity contribution in [2.24, 2.45) is 0 Å². The monoisotopic (exact) mass is 375 g/mol. The second-order valence-electron chi connectivity index (χ2n) is 5.59. The molecule has 8 heteroatoms. The third-order valence-corrected chi connectivity index (χ3v) is 5.35. The Morgan fingerprint density at radius 3 is 3.12 bits per heavy atom. The Morgan fingerprint density at radius 2 is 2.24 bits per heavy atom. The van der Waals surface area contributed by atoms with Gasteiger partial charge in [-0.15, -0.1) is 11.3 Å². The molecule has 1 amide bonds. The zero-order valence-corrected chi connectivity index (χ0v) is 14.7. The third kappa shape index (κ3) is 3.38. The summed E-state index contributed by atoms with van der Waals surface area (Å²) in [4.78, 5) is 19.6. The molecule has 1 aliphatic rings. The van der Waals surface area contributed by atoms with Gasteiger partial charge in [0, 0.05) is 23.5 Å². The molecule has 3 heterocycles. The van der Waals surface area contributed by atoms with E-state index in [0.29, 0.717) is 29.5 Å². The lowest BCUT2D eigenvalue weighted by atomic mass is 10.1. The Hall–Kier alpha value is -2.38. The van der Waals surface area contributed by atoms with Gasteiger partial charge in [0.05, 0.1) is 5.02 Å². The minimum absolute atomic E-state index is 0.0449. The van der Waals surface area contributed by atoms with Crippen molar-refractivity contribution >= 4 is 28.8 Å². The van der Waals surface area contributed by atoms with Gasteiger partial charge in [-0.3, -0.25) is 9.32 Å². The second-order valence-corrected chi connectivity index (χ2v) is 6.99. The Bertz CT molecular complexity index is 908. The molecular weight excluding hydrogens is 362 g/mol. The summed E-state index contributed by atoms with van der Waals surface area (Å²) in [5.74, 6) is 0.225. The zero-order chi connectivity index (χ0) is 17.2. The highest BCUT2D eigenvalue weighted by Crippen LogP contribution is 2.27. The van der Waals surface area contributed by atoms with Gasteiger partial charge in [0.25, 0.3) is 5.91 Å². The maximum atomic E-state index is 12.3. The average Bonchev–Trinajstić information content (AvgIpc) is 3.28. The first kappa shape index (κ1) is 16.1. The zero-order valence-electron chi connectivity index (χ0n) is 13.1. The van der Waals surface area contributed by atoms with Crippen LogP contribution in [0.5, 0.6) is 6.08 Å². The predicted octanol–water partition coefficient (Wildman–Crippen LogP) is 3.42. The maximum Gasteiger partial charge on any atom is 0.418 e. The van der Waals surface area contributed by atoms with E-state index in [4.69, 9.17) is 20.9 Å². The lowest BCUT2D eigenvalue weighted by Crippen LogP contribution is -2.38. The second kappa shape index (κ2) is 6.85. The number of hydrogen-bond acceptors (Lipinski definition) is 6. The number of amides is 1. The standard InChI is InChI=1S/C17H14ClN3O3S/c18-13-4-2-1-3-12(13)16-19-17(24-20-16)23-10-15(22)21-7-5-14-11(9-21)6-8-25-14/h1-4,6,8H,5,7,9-10H2. The number of nitrogens with zero attached hydrogens (tertiary/aromatic N) is 3. The Kier molecular flexibility index (Phi) is 4.42. The minimum atomic E-state index is -0.135. The van der Waals surface area contributed by atoms with Crippen LogP contribution in [0.25, 0.3) is 11.4 Å². The highest BCUT2D eigenvalue weighted by molar-refractivity contribution is 7.10. The van der Waals surface area contributed by atoms with E-state index in [1.807, 2.05) is 12.1 Å². The molecule has 0 N–H and O–H groups in total. The molecule has 0 aliphatic carbocycles. The first-order valence-electron chi connectivity index (χ1n) is 7.75. The number of rotatable bonds is 4. The van der Waals surface area contributed by atoms with Gasteiger partial charge in [0.1, 0.15) is 0 Å². The molecule has 0 saturated carbocycles. The van der Waals surface area contributed by atoms with E-state index in [2.05, 4.69) is 21.6 Å². The summed E-state index contributed by atoms with van der Waals surface area (Å²) in [6, 6.07) is 9.24. The molecule has 3 aromatic rings. The van der Waals surface area contributed by atoms with Crippen molar-refractivity contribution in [3.8, 4) is 17.5 Å². The van der Waals surface area contributed by atoms with Crippen molar-refractivity contribution in [1.29, 1.82) is 0 Å². The molecule has 2 aromatic heterocycles. The van der Waals surface area contributed by atoms with Crippen LogP contribution in [0.1, 0.15) is 10.4 Å². The topological polar surface area (TPSA) is 68.5 Å². The van der Waals surface area contributed by atoms with E-state index < -0.39 is 0 Å². The lowest BCUT2D eigenvalue weighted by Gasteiger charge is -2.26. The van der Waals surface area contributed by atoms with E-state index in [9.17, 15) is 4.79 Å². The first-order chi connectivity index (χ1) is 12.2. The molecule has 0 unspecified atom stereocenters. The summed E-state index contributed by atoms with van der Waals surface area (Å²) in [5, 5.41) is 6.42. The molecule has 4 rings (SSSR count). The maximum absolute atomic E-state index is 12.3. The van der Waals surface area contributed by atoms with Crippen LogP contribution in [0, 0.1) is 0 Å². The van der Waals surface area contributed by atoms with Gasteiger partial charge in [0.2, 0.25) is 5.82 Å². The van der Waals surface area contributed by atoms with Crippen LogP contribution < -0.4 is 4.74 Å². The van der Waals surface area contributed by atoms with Crippen LogP contribution in [0.15, 0.2) is 40.2 Å². The molecule has 0 spiro atoms. The fraction of sp³-hybridized carbons (Fsp3) is 0.235. The minimum Gasteiger partial charge on any atom is -0.439 e. The number of carbonyl (C=O) groups excluding carboxylic acids is 1. The van der Waals surface area contributed by atoms with Gasteiger partial charge in [-0.25, -0.2) is 0 Å². The number of benzene rings is 1. The van der Waals surface area contributed by atoms with E-state index in [-0.39, 0.29) is 18.6 Å². The number of carbonyl (C=O) groups is 1. The molecule has 0 saturated heterocycles. The Morgan fingerprint density at radius 1 is 1.36 bits per heavy atom. The molecule has 0 atom stereocenters. The van der Waals surface area contributed by atoms with Crippen molar-refractivity contribution < 1.29 is 14.1 Å². The molecule has 0 radical (unpaired) electrons. The fourth-order valence-electron chi connectivity index (χ4n) is 2.70. The van der Waals surface area contributed by atoms with E-state index >= 15 is 0 Å². The lowest BCUT2D eigenvalue weighted by molar-refractivity contribution is -0.134. The Balaban J connectivity index is 1.38. The van der Waals surface area contributed by atoms with Gasteiger partial charge in [0.15, 0.2) is 6.61 Å². The average molecular weight is 376 g/mol.